The van der Waals surface area contributed by atoms with Gasteiger partial charge in [-0.25, -0.2) is 0 Å². The zero-order chi connectivity index (χ0) is 14.3. The molecule has 2 heterocycles. The summed E-state index contributed by atoms with van der Waals surface area (Å²) in [4.78, 5) is 0. The zero-order valence-electron chi connectivity index (χ0n) is 12.3. The average Bonchev–Trinajstić information content (AvgIpc) is 2.92. The fourth-order valence-electron chi connectivity index (χ4n) is 3.44. The maximum absolute atomic E-state index is 10.8. The highest BCUT2D eigenvalue weighted by Crippen LogP contribution is 2.47. The van der Waals surface area contributed by atoms with E-state index in [4.69, 9.17) is 14.2 Å². The molecular weight excluding hydrogens is 296 g/mol. The summed E-state index contributed by atoms with van der Waals surface area (Å²) in [6.07, 6.45) is 1.64. The Bertz CT molecular complexity index is 346. The molecule has 1 aliphatic carbocycles. The Morgan fingerprint density at radius 1 is 1.20 bits per heavy atom. The van der Waals surface area contributed by atoms with Crippen molar-refractivity contribution in [2.75, 3.05) is 18.6 Å². The fraction of sp³-hybridized carbons (Fsp3) is 1.00. The minimum Gasteiger partial charge on any atom is -0.391 e. The first-order valence-corrected chi connectivity index (χ1v) is 9.41. The second kappa shape index (κ2) is 5.97. The van der Waals surface area contributed by atoms with E-state index in [0.717, 1.165) is 17.9 Å². The van der Waals surface area contributed by atoms with E-state index >= 15 is 0 Å². The van der Waals surface area contributed by atoms with Crippen molar-refractivity contribution in [3.8, 4) is 0 Å². The van der Waals surface area contributed by atoms with Gasteiger partial charge in [-0.3, -0.25) is 0 Å². The summed E-state index contributed by atoms with van der Waals surface area (Å²) in [5.74, 6) is 1.82. The van der Waals surface area contributed by atoms with Crippen molar-refractivity contribution in [2.45, 2.75) is 61.5 Å². The van der Waals surface area contributed by atoms with Gasteiger partial charge in [0.2, 0.25) is 0 Å². The van der Waals surface area contributed by atoms with E-state index in [-0.39, 0.29) is 34.9 Å². The number of aliphatic hydroxyl groups is 1. The molecule has 0 spiro atoms. The van der Waals surface area contributed by atoms with Gasteiger partial charge in [0, 0.05) is 13.0 Å². The summed E-state index contributed by atoms with van der Waals surface area (Å²) >= 11 is 3.75. The molecule has 2 saturated heterocycles. The third-order valence-corrected chi connectivity index (χ3v) is 7.41. The summed E-state index contributed by atoms with van der Waals surface area (Å²) in [7, 11) is 1.72. The highest BCUT2D eigenvalue weighted by Gasteiger charge is 2.56. The molecule has 2 aliphatic heterocycles. The van der Waals surface area contributed by atoms with Crippen molar-refractivity contribution in [3.63, 3.8) is 0 Å². The van der Waals surface area contributed by atoms with Crippen LogP contribution < -0.4 is 0 Å². The largest absolute Gasteiger partial charge is 0.391 e. The van der Waals surface area contributed by atoms with E-state index in [1.165, 1.54) is 6.42 Å². The van der Waals surface area contributed by atoms with E-state index in [9.17, 15) is 5.11 Å². The molecule has 3 fully saturated rings. The number of methoxy groups -OCH3 is 1. The minimum absolute atomic E-state index is 0.0278. The first kappa shape index (κ1) is 15.4. The van der Waals surface area contributed by atoms with Gasteiger partial charge in [-0.1, -0.05) is 0 Å². The van der Waals surface area contributed by atoms with Crippen molar-refractivity contribution in [2.24, 2.45) is 5.92 Å². The number of aliphatic hydroxyl groups excluding tert-OH is 1. The lowest BCUT2D eigenvalue weighted by atomic mass is 9.99. The molecule has 3 aliphatic rings. The van der Waals surface area contributed by atoms with E-state index in [1.54, 1.807) is 7.11 Å². The van der Waals surface area contributed by atoms with Crippen LogP contribution in [0.15, 0.2) is 0 Å². The smallest absolute Gasteiger partial charge is 0.163 e. The zero-order valence-corrected chi connectivity index (χ0v) is 13.9. The molecule has 116 valence electrons. The number of hydrogen-bond acceptors (Lipinski definition) is 6. The van der Waals surface area contributed by atoms with Gasteiger partial charge >= 0.3 is 0 Å². The number of rotatable bonds is 3. The molecule has 1 saturated carbocycles. The Kier molecular flexibility index (Phi) is 4.61. The van der Waals surface area contributed by atoms with Gasteiger partial charge < -0.3 is 19.3 Å². The lowest BCUT2D eigenvalue weighted by Crippen LogP contribution is -2.38. The molecule has 5 atom stereocenters. The molecule has 6 heteroatoms. The number of hydrogen-bond donors (Lipinski definition) is 1. The Hall–Kier alpha value is 0.540. The molecule has 3 rings (SSSR count). The van der Waals surface area contributed by atoms with E-state index in [0.29, 0.717) is 0 Å². The molecular formula is C14H24O4S2. The Morgan fingerprint density at radius 2 is 1.85 bits per heavy atom. The van der Waals surface area contributed by atoms with Crippen LogP contribution in [0, 0.1) is 5.92 Å². The minimum atomic E-state index is -0.572. The number of thioether (sulfide) groups is 2. The Balaban J connectivity index is 1.72. The summed E-state index contributed by atoms with van der Waals surface area (Å²) in [6.45, 7) is 3.87. The SMILES string of the molecule is CO[C@@H]1CC([C@@H](O)C2SCCCS2)[C@H]2OC(C)(C)O[C@H]21. The van der Waals surface area contributed by atoms with Gasteiger partial charge in [-0.15, -0.1) is 23.5 Å². The Morgan fingerprint density at radius 3 is 2.50 bits per heavy atom. The molecule has 1 N–H and O–H groups in total. The maximum atomic E-state index is 10.8. The summed E-state index contributed by atoms with van der Waals surface area (Å²) in [6, 6.07) is 0. The molecule has 0 aromatic heterocycles. The molecule has 0 aromatic carbocycles. The van der Waals surface area contributed by atoms with Gasteiger partial charge in [0.15, 0.2) is 5.79 Å². The van der Waals surface area contributed by atoms with Crippen molar-refractivity contribution < 1.29 is 19.3 Å². The van der Waals surface area contributed by atoms with Crippen molar-refractivity contribution >= 4 is 23.5 Å². The standard InChI is InChI=1S/C14H24O4S2/c1-14(2)17-11-8(7-9(16-3)12(11)18-14)10(15)13-19-5-4-6-20-13/h8-13,15H,4-7H2,1-3H3/t8?,9-,10-,11-,12+/m1/s1. The molecule has 0 bridgehead atoms. The van der Waals surface area contributed by atoms with Crippen molar-refractivity contribution in [1.82, 2.24) is 0 Å². The topological polar surface area (TPSA) is 47.9 Å². The van der Waals surface area contributed by atoms with Crippen LogP contribution in [-0.2, 0) is 14.2 Å². The van der Waals surface area contributed by atoms with Crippen LogP contribution >= 0.6 is 23.5 Å². The molecule has 20 heavy (non-hydrogen) atoms. The van der Waals surface area contributed by atoms with E-state index in [2.05, 4.69) is 0 Å². The van der Waals surface area contributed by atoms with Gasteiger partial charge in [-0.05, 0) is 38.2 Å². The number of ether oxygens (including phenoxy) is 3. The molecule has 0 radical (unpaired) electrons. The van der Waals surface area contributed by atoms with Gasteiger partial charge in [-0.2, -0.15) is 0 Å². The monoisotopic (exact) mass is 320 g/mol. The summed E-state index contributed by atoms with van der Waals surface area (Å²) < 4.78 is 17.8. The van der Waals surface area contributed by atoms with Crippen molar-refractivity contribution in [3.05, 3.63) is 0 Å². The van der Waals surface area contributed by atoms with Gasteiger partial charge in [0.1, 0.15) is 6.10 Å². The van der Waals surface area contributed by atoms with Crippen LogP contribution in [0.25, 0.3) is 0 Å². The van der Waals surface area contributed by atoms with Crippen LogP contribution in [0.4, 0.5) is 0 Å². The van der Waals surface area contributed by atoms with Gasteiger partial charge in [0.05, 0.1) is 22.9 Å². The van der Waals surface area contributed by atoms with E-state index in [1.807, 2.05) is 37.4 Å². The maximum Gasteiger partial charge on any atom is 0.163 e. The fourth-order valence-corrected chi connectivity index (χ4v) is 6.47. The second-order valence-electron chi connectivity index (χ2n) is 6.19. The highest BCUT2D eigenvalue weighted by molar-refractivity contribution is 8.17. The number of fused-ring (bicyclic) bond motifs is 1. The predicted octanol–water partition coefficient (Wildman–Crippen LogP) is 2.10. The molecule has 1 unspecified atom stereocenters. The second-order valence-corrected chi connectivity index (χ2v) is 8.99. The predicted molar refractivity (Wildman–Crippen MR) is 82.1 cm³/mol. The first-order valence-electron chi connectivity index (χ1n) is 7.31. The summed E-state index contributed by atoms with van der Waals surface area (Å²) in [5, 5.41) is 10.8. The van der Waals surface area contributed by atoms with Crippen LogP contribution in [-0.4, -0.2) is 58.5 Å². The highest BCUT2D eigenvalue weighted by atomic mass is 32.2. The third-order valence-electron chi connectivity index (χ3n) is 4.33. The van der Waals surface area contributed by atoms with Crippen LogP contribution in [0.2, 0.25) is 0 Å². The van der Waals surface area contributed by atoms with Crippen LogP contribution in [0.1, 0.15) is 26.7 Å². The quantitative estimate of drug-likeness (QED) is 0.859. The first-order chi connectivity index (χ1) is 9.52. The lowest BCUT2D eigenvalue weighted by Gasteiger charge is -2.32. The van der Waals surface area contributed by atoms with Gasteiger partial charge in [0.25, 0.3) is 0 Å². The average molecular weight is 320 g/mol. The lowest BCUT2D eigenvalue weighted by molar-refractivity contribution is -0.172. The molecule has 0 aromatic rings. The van der Waals surface area contributed by atoms with Crippen LogP contribution in [0.5, 0.6) is 0 Å². The molecule has 4 nitrogen and oxygen atoms in total. The van der Waals surface area contributed by atoms with E-state index < -0.39 is 5.79 Å². The van der Waals surface area contributed by atoms with Crippen LogP contribution in [0.3, 0.4) is 0 Å². The molecule has 0 amide bonds. The summed E-state index contributed by atoms with van der Waals surface area (Å²) in [5.41, 5.74) is 0. The normalized spacial score (nSPS) is 42.6. The third kappa shape index (κ3) is 2.88. The Labute approximate surface area is 129 Å². The van der Waals surface area contributed by atoms with Crippen molar-refractivity contribution in [1.29, 1.82) is 0 Å².